The van der Waals surface area contributed by atoms with E-state index in [9.17, 15) is 0 Å². The molecule has 2 rings (SSSR count). The quantitative estimate of drug-likeness (QED) is 0.343. The molecule has 1 saturated carbocycles. The Morgan fingerprint density at radius 1 is 1.24 bits per heavy atom. The van der Waals surface area contributed by atoms with E-state index in [1.54, 1.807) is 0 Å². The lowest BCUT2D eigenvalue weighted by Gasteiger charge is -2.23. The molecule has 21 heavy (non-hydrogen) atoms. The minimum Gasteiger partial charge on any atom is -0.494 e. The Morgan fingerprint density at radius 2 is 2.05 bits per heavy atom. The first kappa shape index (κ1) is 16.5. The Labute approximate surface area is 130 Å². The second-order valence-corrected chi connectivity index (χ2v) is 6.31. The van der Waals surface area contributed by atoms with Crippen LogP contribution in [-0.2, 0) is 9.47 Å². The SMILES string of the molecule is CCC(CCO/C=C1C=[N+]\1CC)OCCC1CCCCC1. The summed E-state index contributed by atoms with van der Waals surface area (Å²) >= 11 is 0. The van der Waals surface area contributed by atoms with Crippen LogP contribution in [0.4, 0.5) is 0 Å². The summed E-state index contributed by atoms with van der Waals surface area (Å²) in [5.74, 6) is 0.919. The van der Waals surface area contributed by atoms with Crippen LogP contribution in [0.15, 0.2) is 12.0 Å². The Balaban J connectivity index is 1.50. The maximum Gasteiger partial charge on any atom is 0.304 e. The monoisotopic (exact) mass is 294 g/mol. The first-order valence-corrected chi connectivity index (χ1v) is 8.88. The maximum absolute atomic E-state index is 6.04. The average Bonchev–Trinajstić information content (AvgIpc) is 3.29. The van der Waals surface area contributed by atoms with E-state index in [2.05, 4.69) is 24.6 Å². The molecule has 1 atom stereocenters. The lowest BCUT2D eigenvalue weighted by atomic mass is 9.87. The highest BCUT2D eigenvalue weighted by Gasteiger charge is 2.26. The molecule has 1 unspecified atom stereocenters. The summed E-state index contributed by atoms with van der Waals surface area (Å²) in [6, 6.07) is 0. The van der Waals surface area contributed by atoms with Gasteiger partial charge in [-0.1, -0.05) is 39.0 Å². The van der Waals surface area contributed by atoms with Gasteiger partial charge in [-0.2, -0.15) is 4.58 Å². The van der Waals surface area contributed by atoms with Crippen molar-refractivity contribution in [2.24, 2.45) is 5.92 Å². The van der Waals surface area contributed by atoms with Crippen molar-refractivity contribution >= 4 is 6.21 Å². The van der Waals surface area contributed by atoms with Crippen molar-refractivity contribution in [3.63, 3.8) is 0 Å². The number of rotatable bonds is 10. The van der Waals surface area contributed by atoms with Crippen molar-refractivity contribution in [2.75, 3.05) is 19.8 Å². The molecule has 0 aromatic rings. The highest BCUT2D eigenvalue weighted by atomic mass is 16.5. The van der Waals surface area contributed by atoms with Gasteiger partial charge in [0.05, 0.1) is 12.7 Å². The molecule has 0 amide bonds. The standard InChI is InChI=1S/C18H32NO2/c1-3-18(11-12-20-15-17-14-19(17)4-2)21-13-10-16-8-6-5-7-9-16/h14-16,18H,3-13H2,1-2H3/q+1/b17-15+. The molecule has 1 aliphatic carbocycles. The molecule has 0 N–H and O–H groups in total. The Kier molecular flexibility index (Phi) is 7.28. The zero-order chi connectivity index (χ0) is 14.9. The summed E-state index contributed by atoms with van der Waals surface area (Å²) in [6.45, 7) is 7.08. The van der Waals surface area contributed by atoms with Gasteiger partial charge in [0.25, 0.3) is 0 Å². The van der Waals surface area contributed by atoms with Crippen LogP contribution >= 0.6 is 0 Å². The molecule has 0 bridgehead atoms. The summed E-state index contributed by atoms with van der Waals surface area (Å²) in [7, 11) is 0. The largest absolute Gasteiger partial charge is 0.494 e. The fourth-order valence-corrected chi connectivity index (χ4v) is 3.13. The number of allylic oxidation sites excluding steroid dienone is 1. The van der Waals surface area contributed by atoms with Crippen LogP contribution in [-0.4, -0.2) is 36.7 Å². The van der Waals surface area contributed by atoms with Gasteiger partial charge in [0.1, 0.15) is 6.54 Å². The van der Waals surface area contributed by atoms with Crippen LogP contribution in [0.1, 0.15) is 65.2 Å². The third kappa shape index (κ3) is 6.21. The molecule has 2 aliphatic rings. The van der Waals surface area contributed by atoms with Gasteiger partial charge in [0.15, 0.2) is 6.26 Å². The van der Waals surface area contributed by atoms with E-state index in [0.717, 1.165) is 38.5 Å². The van der Waals surface area contributed by atoms with Crippen LogP contribution in [0.2, 0.25) is 0 Å². The summed E-state index contributed by atoms with van der Waals surface area (Å²) in [4.78, 5) is 0. The van der Waals surface area contributed by atoms with Gasteiger partial charge in [-0.15, -0.1) is 0 Å². The van der Waals surface area contributed by atoms with E-state index in [1.807, 2.05) is 6.26 Å². The maximum atomic E-state index is 6.04. The van der Waals surface area contributed by atoms with Gasteiger partial charge in [-0.3, -0.25) is 0 Å². The molecular formula is C18H32NO2+. The van der Waals surface area contributed by atoms with Gasteiger partial charge in [0, 0.05) is 13.0 Å². The van der Waals surface area contributed by atoms with Crippen LogP contribution in [0.5, 0.6) is 0 Å². The molecule has 1 fully saturated rings. The molecule has 3 heteroatoms. The second-order valence-electron chi connectivity index (χ2n) is 6.31. The van der Waals surface area contributed by atoms with Crippen molar-refractivity contribution in [2.45, 2.75) is 71.3 Å². The lowest BCUT2D eigenvalue weighted by Crippen LogP contribution is -2.17. The minimum absolute atomic E-state index is 0.359. The third-order valence-electron chi connectivity index (χ3n) is 4.71. The number of hydrogen-bond acceptors (Lipinski definition) is 2. The van der Waals surface area contributed by atoms with E-state index in [1.165, 1.54) is 44.2 Å². The highest BCUT2D eigenvalue weighted by molar-refractivity contribution is 5.80. The predicted octanol–water partition coefficient (Wildman–Crippen LogP) is 4.12. The van der Waals surface area contributed by atoms with Crippen LogP contribution in [0.3, 0.4) is 0 Å². The summed E-state index contributed by atoms with van der Waals surface area (Å²) in [5.41, 5.74) is 1.21. The zero-order valence-electron chi connectivity index (χ0n) is 13.9. The lowest BCUT2D eigenvalue weighted by molar-refractivity contribution is -0.400. The Morgan fingerprint density at radius 3 is 2.71 bits per heavy atom. The van der Waals surface area contributed by atoms with Gasteiger partial charge >= 0.3 is 5.70 Å². The first-order valence-electron chi connectivity index (χ1n) is 8.88. The molecule has 0 radical (unpaired) electrons. The minimum atomic E-state index is 0.359. The van der Waals surface area contributed by atoms with E-state index >= 15 is 0 Å². The van der Waals surface area contributed by atoms with Crippen LogP contribution < -0.4 is 0 Å². The smallest absolute Gasteiger partial charge is 0.304 e. The molecule has 120 valence electrons. The predicted molar refractivity (Wildman–Crippen MR) is 86.7 cm³/mol. The highest BCUT2D eigenvalue weighted by Crippen LogP contribution is 2.26. The summed E-state index contributed by atoms with van der Waals surface area (Å²) in [6.07, 6.45) is 14.8. The molecule has 0 aromatic heterocycles. The number of ether oxygens (including phenoxy) is 2. The van der Waals surface area contributed by atoms with Crippen LogP contribution in [0, 0.1) is 5.92 Å². The molecule has 1 aliphatic heterocycles. The van der Waals surface area contributed by atoms with Crippen molar-refractivity contribution < 1.29 is 14.0 Å². The molecule has 1 heterocycles. The first-order chi connectivity index (χ1) is 10.3. The fraction of sp³-hybridized carbons (Fsp3) is 0.833. The van der Waals surface area contributed by atoms with E-state index in [0.29, 0.717) is 6.10 Å². The van der Waals surface area contributed by atoms with Crippen molar-refractivity contribution in [3.8, 4) is 0 Å². The molecule has 0 spiro atoms. The van der Waals surface area contributed by atoms with Crippen molar-refractivity contribution in [1.29, 1.82) is 0 Å². The van der Waals surface area contributed by atoms with Gasteiger partial charge < -0.3 is 9.47 Å². The molecular weight excluding hydrogens is 262 g/mol. The molecule has 3 nitrogen and oxygen atoms in total. The van der Waals surface area contributed by atoms with Crippen molar-refractivity contribution in [3.05, 3.63) is 12.0 Å². The Bertz CT molecular complexity index is 356. The normalized spacial score (nSPS) is 22.2. The van der Waals surface area contributed by atoms with E-state index in [-0.39, 0.29) is 0 Å². The van der Waals surface area contributed by atoms with Crippen LogP contribution in [0.25, 0.3) is 0 Å². The zero-order valence-corrected chi connectivity index (χ0v) is 13.9. The van der Waals surface area contributed by atoms with Gasteiger partial charge in [0.2, 0.25) is 6.21 Å². The Hall–Kier alpha value is -0.830. The van der Waals surface area contributed by atoms with E-state index < -0.39 is 0 Å². The molecule has 0 saturated heterocycles. The fourth-order valence-electron chi connectivity index (χ4n) is 3.13. The number of nitrogens with zero attached hydrogens (tertiary/aromatic N) is 1. The third-order valence-corrected chi connectivity index (χ3v) is 4.71. The van der Waals surface area contributed by atoms with Gasteiger partial charge in [-0.05, 0) is 25.7 Å². The van der Waals surface area contributed by atoms with E-state index in [4.69, 9.17) is 9.47 Å². The summed E-state index contributed by atoms with van der Waals surface area (Å²) < 4.78 is 13.8. The molecule has 0 aromatic carbocycles. The van der Waals surface area contributed by atoms with Crippen molar-refractivity contribution in [1.82, 2.24) is 0 Å². The summed E-state index contributed by atoms with van der Waals surface area (Å²) in [5, 5.41) is 0. The average molecular weight is 294 g/mol. The second kappa shape index (κ2) is 9.24. The van der Waals surface area contributed by atoms with Gasteiger partial charge in [-0.25, -0.2) is 0 Å². The number of hydrogen-bond donors (Lipinski definition) is 0. The topological polar surface area (TPSA) is 21.5 Å².